The molecule has 3 heterocycles. The van der Waals surface area contributed by atoms with E-state index in [4.69, 9.17) is 0 Å². The molecule has 1 fully saturated rings. The summed E-state index contributed by atoms with van der Waals surface area (Å²) in [5.74, 6) is 1.09. The Morgan fingerprint density at radius 3 is 2.31 bits per heavy atom. The van der Waals surface area contributed by atoms with E-state index in [2.05, 4.69) is 21.0 Å². The highest BCUT2D eigenvalue weighted by atomic mass is 32.2. The Bertz CT molecular complexity index is 810. The van der Waals surface area contributed by atoms with E-state index >= 15 is 0 Å². The van der Waals surface area contributed by atoms with Gasteiger partial charge >= 0.3 is 6.18 Å². The molecular weight excluding hydrogens is 365 g/mol. The Labute approximate surface area is 152 Å². The molecule has 136 valence electrons. The zero-order chi connectivity index (χ0) is 18.7. The van der Waals surface area contributed by atoms with Crippen LogP contribution in [0.15, 0.2) is 29.7 Å². The molecule has 0 saturated carbocycles. The summed E-state index contributed by atoms with van der Waals surface area (Å²) in [6.07, 6.45) is -0.165. The van der Waals surface area contributed by atoms with Crippen molar-refractivity contribution in [3.63, 3.8) is 0 Å². The van der Waals surface area contributed by atoms with Crippen LogP contribution in [0.3, 0.4) is 0 Å². The number of piperazine rings is 1. The molecule has 26 heavy (non-hydrogen) atoms. The highest BCUT2D eigenvalue weighted by Gasteiger charge is 2.31. The van der Waals surface area contributed by atoms with Gasteiger partial charge in [0.2, 0.25) is 0 Å². The van der Waals surface area contributed by atoms with Gasteiger partial charge in [0.1, 0.15) is 17.5 Å². The van der Waals surface area contributed by atoms with Gasteiger partial charge < -0.3 is 9.80 Å². The van der Waals surface area contributed by atoms with Gasteiger partial charge in [0.05, 0.1) is 11.8 Å². The number of hydrogen-bond donors (Lipinski definition) is 0. The Morgan fingerprint density at radius 1 is 1.08 bits per heavy atom. The van der Waals surface area contributed by atoms with Crippen LogP contribution in [0.2, 0.25) is 0 Å². The van der Waals surface area contributed by atoms with Crippen LogP contribution in [0.25, 0.3) is 0 Å². The summed E-state index contributed by atoms with van der Waals surface area (Å²) < 4.78 is 37.9. The molecule has 0 aromatic carbocycles. The Morgan fingerprint density at radius 2 is 1.77 bits per heavy atom. The second-order valence-electron chi connectivity index (χ2n) is 5.58. The number of anilines is 2. The minimum absolute atomic E-state index is 0.406. The first-order valence-corrected chi connectivity index (χ1v) is 8.99. The van der Waals surface area contributed by atoms with Gasteiger partial charge in [-0.3, -0.25) is 0 Å². The van der Waals surface area contributed by atoms with Gasteiger partial charge in [-0.2, -0.15) is 18.4 Å². The zero-order valence-corrected chi connectivity index (χ0v) is 14.7. The molecule has 0 radical (unpaired) electrons. The van der Waals surface area contributed by atoms with E-state index in [1.54, 1.807) is 0 Å². The summed E-state index contributed by atoms with van der Waals surface area (Å²) >= 11 is 1.40. The van der Waals surface area contributed by atoms with E-state index in [-0.39, 0.29) is 0 Å². The Hall–Kier alpha value is -2.54. The highest BCUT2D eigenvalue weighted by Crippen LogP contribution is 2.29. The fourth-order valence-electron chi connectivity index (χ4n) is 2.66. The molecule has 0 unspecified atom stereocenters. The summed E-state index contributed by atoms with van der Waals surface area (Å²) in [6.45, 7) is 2.31. The van der Waals surface area contributed by atoms with Crippen LogP contribution >= 0.6 is 11.8 Å². The lowest BCUT2D eigenvalue weighted by atomic mass is 10.2. The molecule has 0 amide bonds. The van der Waals surface area contributed by atoms with Crippen molar-refractivity contribution in [1.29, 1.82) is 5.26 Å². The van der Waals surface area contributed by atoms with Gasteiger partial charge in [-0.1, -0.05) is 11.8 Å². The van der Waals surface area contributed by atoms with E-state index in [9.17, 15) is 18.4 Å². The van der Waals surface area contributed by atoms with Crippen molar-refractivity contribution in [2.45, 2.75) is 11.3 Å². The predicted molar refractivity (Wildman–Crippen MR) is 92.2 cm³/mol. The molecule has 1 saturated heterocycles. The van der Waals surface area contributed by atoms with E-state index in [1.165, 1.54) is 24.0 Å². The van der Waals surface area contributed by atoms with Crippen LogP contribution in [-0.2, 0) is 6.18 Å². The number of hydrogen-bond acceptors (Lipinski definition) is 7. The smallest absolute Gasteiger partial charge is 0.353 e. The van der Waals surface area contributed by atoms with Crippen molar-refractivity contribution >= 4 is 23.4 Å². The van der Waals surface area contributed by atoms with Gasteiger partial charge in [0.15, 0.2) is 11.0 Å². The fourth-order valence-corrected chi connectivity index (χ4v) is 3.00. The highest BCUT2D eigenvalue weighted by molar-refractivity contribution is 7.98. The average molecular weight is 380 g/mol. The monoisotopic (exact) mass is 380 g/mol. The minimum Gasteiger partial charge on any atom is -0.353 e. The Balaban J connectivity index is 1.71. The normalized spacial score (nSPS) is 15.0. The van der Waals surface area contributed by atoms with Gasteiger partial charge in [-0.15, -0.1) is 0 Å². The molecule has 0 aliphatic carbocycles. The lowest BCUT2D eigenvalue weighted by molar-refractivity contribution is -0.137. The lowest BCUT2D eigenvalue weighted by Gasteiger charge is -2.36. The van der Waals surface area contributed by atoms with Crippen LogP contribution < -0.4 is 9.80 Å². The topological polar surface area (TPSA) is 68.9 Å². The maximum Gasteiger partial charge on any atom is 0.417 e. The molecule has 0 spiro atoms. The SMILES string of the molecule is CSc1ncc(C#N)c(N2CCN(c3ccc(C(F)(F)F)cn3)CC2)n1. The standard InChI is InChI=1S/C16H15F3N6S/c1-26-15-22-9-11(8-20)14(23-15)25-6-4-24(5-7-25)13-3-2-12(10-21-13)16(17,18)19/h2-3,9-10H,4-7H2,1H3. The number of halogens is 3. The second kappa shape index (κ2) is 7.37. The van der Waals surface area contributed by atoms with Crippen molar-refractivity contribution in [1.82, 2.24) is 15.0 Å². The largest absolute Gasteiger partial charge is 0.417 e. The molecule has 0 atom stereocenters. The number of nitrogens with zero attached hydrogens (tertiary/aromatic N) is 6. The van der Waals surface area contributed by atoms with E-state index in [0.717, 1.165) is 12.3 Å². The van der Waals surface area contributed by atoms with Crippen LogP contribution in [0.5, 0.6) is 0 Å². The summed E-state index contributed by atoms with van der Waals surface area (Å²) in [7, 11) is 0. The maximum absolute atomic E-state index is 12.6. The summed E-state index contributed by atoms with van der Waals surface area (Å²) in [4.78, 5) is 16.4. The molecule has 6 nitrogen and oxygen atoms in total. The average Bonchev–Trinajstić information content (AvgIpc) is 2.67. The fraction of sp³-hybridized carbons (Fsp3) is 0.375. The maximum atomic E-state index is 12.6. The quantitative estimate of drug-likeness (QED) is 0.599. The van der Waals surface area contributed by atoms with E-state index in [0.29, 0.717) is 48.5 Å². The van der Waals surface area contributed by atoms with Gasteiger partial charge in [-0.05, 0) is 18.4 Å². The van der Waals surface area contributed by atoms with Crippen molar-refractivity contribution in [2.24, 2.45) is 0 Å². The van der Waals surface area contributed by atoms with Crippen LogP contribution in [0, 0.1) is 11.3 Å². The molecule has 2 aromatic rings. The summed E-state index contributed by atoms with van der Waals surface area (Å²) in [5, 5.41) is 9.85. The summed E-state index contributed by atoms with van der Waals surface area (Å²) in [6, 6.07) is 4.52. The van der Waals surface area contributed by atoms with Crippen molar-refractivity contribution in [2.75, 3.05) is 42.2 Å². The van der Waals surface area contributed by atoms with Gasteiger partial charge in [-0.25, -0.2) is 15.0 Å². The number of aromatic nitrogens is 3. The van der Waals surface area contributed by atoms with Crippen LogP contribution in [-0.4, -0.2) is 47.4 Å². The molecule has 2 aromatic heterocycles. The van der Waals surface area contributed by atoms with E-state index < -0.39 is 11.7 Å². The Kier molecular flexibility index (Phi) is 5.18. The third kappa shape index (κ3) is 3.83. The van der Waals surface area contributed by atoms with Gasteiger partial charge in [0, 0.05) is 32.4 Å². The van der Waals surface area contributed by atoms with Crippen molar-refractivity contribution in [3.05, 3.63) is 35.7 Å². The van der Waals surface area contributed by atoms with Crippen molar-refractivity contribution < 1.29 is 13.2 Å². The first-order chi connectivity index (χ1) is 12.4. The second-order valence-corrected chi connectivity index (χ2v) is 6.36. The molecular formula is C16H15F3N6S. The lowest BCUT2D eigenvalue weighted by Crippen LogP contribution is -2.47. The minimum atomic E-state index is -4.39. The first-order valence-electron chi connectivity index (χ1n) is 7.76. The van der Waals surface area contributed by atoms with Gasteiger partial charge in [0.25, 0.3) is 0 Å². The number of rotatable bonds is 3. The number of thioether (sulfide) groups is 1. The van der Waals surface area contributed by atoms with E-state index in [1.807, 2.05) is 16.1 Å². The number of alkyl halides is 3. The summed E-state index contributed by atoms with van der Waals surface area (Å²) in [5.41, 5.74) is -0.354. The van der Waals surface area contributed by atoms with Crippen LogP contribution in [0.4, 0.5) is 24.8 Å². The van der Waals surface area contributed by atoms with Crippen LogP contribution in [0.1, 0.15) is 11.1 Å². The zero-order valence-electron chi connectivity index (χ0n) is 13.9. The number of nitriles is 1. The molecule has 3 rings (SSSR count). The van der Waals surface area contributed by atoms with Crippen molar-refractivity contribution in [3.8, 4) is 6.07 Å². The molecule has 10 heteroatoms. The predicted octanol–water partition coefficient (Wildman–Crippen LogP) is 2.81. The number of pyridine rings is 1. The molecule has 0 N–H and O–H groups in total. The molecule has 0 bridgehead atoms. The third-order valence-corrected chi connectivity index (χ3v) is 4.59. The molecule has 1 aliphatic heterocycles. The first kappa shape index (κ1) is 18.3. The third-order valence-electron chi connectivity index (χ3n) is 4.03. The molecule has 1 aliphatic rings.